The Balaban J connectivity index is 1.25. The first kappa shape index (κ1) is 32.1. The predicted molar refractivity (Wildman–Crippen MR) is 219 cm³/mol. The molecule has 0 aliphatic heterocycles. The van der Waals surface area contributed by atoms with Crippen LogP contribution < -0.4 is 10.2 Å². The van der Waals surface area contributed by atoms with E-state index in [1.54, 1.807) is 0 Å². The SMILES string of the molecule is CC1(C)c2cc3ccccc3cc2-c2c(\C=C/C=C\C=C\NC3=CC=CCC3)cc(N(c3ccccc3)c3cccc(-c4ccccc4)c3)cc21. The normalized spacial score (nSPS) is 14.7. The van der Waals surface area contributed by atoms with E-state index >= 15 is 0 Å². The van der Waals surface area contributed by atoms with Gasteiger partial charge >= 0.3 is 0 Å². The number of allylic oxidation sites excluding steroid dienone is 8. The summed E-state index contributed by atoms with van der Waals surface area (Å²) >= 11 is 0. The van der Waals surface area contributed by atoms with Crippen molar-refractivity contribution in [3.05, 3.63) is 205 Å². The van der Waals surface area contributed by atoms with Gasteiger partial charge in [0.2, 0.25) is 0 Å². The summed E-state index contributed by atoms with van der Waals surface area (Å²) in [6.45, 7) is 4.75. The van der Waals surface area contributed by atoms with Crippen molar-refractivity contribution >= 4 is 33.9 Å². The first-order valence-corrected chi connectivity index (χ1v) is 17.9. The number of fused-ring (bicyclic) bond motifs is 4. The van der Waals surface area contributed by atoms with Crippen LogP contribution in [0.4, 0.5) is 17.1 Å². The smallest absolute Gasteiger partial charge is 0.0471 e. The summed E-state index contributed by atoms with van der Waals surface area (Å²) in [4.78, 5) is 2.40. The number of rotatable bonds is 9. The third-order valence-electron chi connectivity index (χ3n) is 10.1. The van der Waals surface area contributed by atoms with Crippen LogP contribution in [0.3, 0.4) is 0 Å². The third kappa shape index (κ3) is 6.49. The second kappa shape index (κ2) is 14.0. The minimum Gasteiger partial charge on any atom is -0.365 e. The number of anilines is 3. The van der Waals surface area contributed by atoms with Gasteiger partial charge in [0.15, 0.2) is 0 Å². The lowest BCUT2D eigenvalue weighted by atomic mass is 9.81. The molecule has 0 heterocycles. The first-order valence-electron chi connectivity index (χ1n) is 17.9. The van der Waals surface area contributed by atoms with Crippen LogP contribution >= 0.6 is 0 Å². The van der Waals surface area contributed by atoms with Crippen molar-refractivity contribution in [1.29, 1.82) is 0 Å². The minimum atomic E-state index is -0.186. The van der Waals surface area contributed by atoms with Gasteiger partial charge < -0.3 is 10.2 Å². The zero-order chi connectivity index (χ0) is 34.6. The zero-order valence-electron chi connectivity index (χ0n) is 29.3. The number of benzene rings is 6. The van der Waals surface area contributed by atoms with Crippen LogP contribution in [0.25, 0.3) is 39.1 Å². The Hall–Kier alpha value is -6.12. The molecule has 1 N–H and O–H groups in total. The molecule has 0 fully saturated rings. The van der Waals surface area contributed by atoms with Crippen molar-refractivity contribution < 1.29 is 0 Å². The molecular weight excluding hydrogens is 617 g/mol. The van der Waals surface area contributed by atoms with Gasteiger partial charge in [-0.2, -0.15) is 0 Å². The Morgan fingerprint density at radius 2 is 1.31 bits per heavy atom. The summed E-state index contributed by atoms with van der Waals surface area (Å²) in [6, 6.07) is 48.6. The molecule has 0 amide bonds. The highest BCUT2D eigenvalue weighted by molar-refractivity contribution is 5.97. The molecule has 2 nitrogen and oxygen atoms in total. The fraction of sp³-hybridized carbons (Fsp3) is 0.102. The molecule has 2 heteroatoms. The highest BCUT2D eigenvalue weighted by atomic mass is 15.1. The average molecular weight is 659 g/mol. The van der Waals surface area contributed by atoms with Gasteiger partial charge in [-0.15, -0.1) is 0 Å². The molecule has 2 aliphatic carbocycles. The largest absolute Gasteiger partial charge is 0.365 e. The van der Waals surface area contributed by atoms with Crippen molar-refractivity contribution in [2.75, 3.05) is 4.90 Å². The number of nitrogens with one attached hydrogen (secondary N) is 1. The van der Waals surface area contributed by atoms with Crippen LogP contribution in [0.1, 0.15) is 43.4 Å². The fourth-order valence-corrected chi connectivity index (χ4v) is 7.51. The number of hydrogen-bond acceptors (Lipinski definition) is 2. The van der Waals surface area contributed by atoms with E-state index in [0.29, 0.717) is 0 Å². The highest BCUT2D eigenvalue weighted by Crippen LogP contribution is 2.53. The Bertz CT molecular complexity index is 2350. The predicted octanol–water partition coefficient (Wildman–Crippen LogP) is 13.2. The van der Waals surface area contributed by atoms with E-state index in [-0.39, 0.29) is 5.41 Å². The number of nitrogens with zero attached hydrogens (tertiary/aromatic N) is 1. The molecule has 8 rings (SSSR count). The summed E-state index contributed by atoms with van der Waals surface area (Å²) < 4.78 is 0. The standard InChI is InChI=1S/C49H42N2/c1-49(2)46-34-39-22-16-15-21-38(39)33-45(46)48-40(23-8-3-4-17-30-50-41-25-11-6-12-26-41)32-44(35-47(48)49)51(42-27-13-7-14-28-42)43-29-18-24-37(31-43)36-19-9-5-10-20-36/h3-11,13-25,27-35,50H,12,26H2,1-2H3/b4-3-,23-8-,30-17+. The van der Waals surface area contributed by atoms with Crippen LogP contribution in [-0.2, 0) is 5.41 Å². The third-order valence-corrected chi connectivity index (χ3v) is 10.1. The lowest BCUT2D eigenvalue weighted by Gasteiger charge is -2.29. The van der Waals surface area contributed by atoms with E-state index in [9.17, 15) is 0 Å². The van der Waals surface area contributed by atoms with Crippen LogP contribution in [0.15, 0.2) is 188 Å². The van der Waals surface area contributed by atoms with Crippen molar-refractivity contribution in [2.24, 2.45) is 0 Å². The topological polar surface area (TPSA) is 15.3 Å². The van der Waals surface area contributed by atoms with Crippen molar-refractivity contribution in [1.82, 2.24) is 5.32 Å². The van der Waals surface area contributed by atoms with E-state index in [4.69, 9.17) is 0 Å². The Morgan fingerprint density at radius 1 is 0.608 bits per heavy atom. The molecule has 0 saturated heterocycles. The molecular formula is C49H42N2. The van der Waals surface area contributed by atoms with E-state index in [1.807, 2.05) is 6.20 Å². The molecule has 0 radical (unpaired) electrons. The highest BCUT2D eigenvalue weighted by Gasteiger charge is 2.38. The second-order valence-corrected chi connectivity index (χ2v) is 13.8. The lowest BCUT2D eigenvalue weighted by molar-refractivity contribution is 0.661. The minimum absolute atomic E-state index is 0.186. The summed E-state index contributed by atoms with van der Waals surface area (Å²) in [5, 5.41) is 5.96. The molecule has 0 spiro atoms. The van der Waals surface area contributed by atoms with Gasteiger partial charge in [0.25, 0.3) is 0 Å². The van der Waals surface area contributed by atoms with Gasteiger partial charge in [-0.05, 0) is 123 Å². The molecule has 0 bridgehead atoms. The van der Waals surface area contributed by atoms with Gasteiger partial charge in [0.1, 0.15) is 0 Å². The second-order valence-electron chi connectivity index (χ2n) is 13.8. The molecule has 6 aromatic rings. The maximum absolute atomic E-state index is 3.41. The average Bonchev–Trinajstić information content (AvgIpc) is 3.40. The van der Waals surface area contributed by atoms with Crippen LogP contribution in [-0.4, -0.2) is 0 Å². The Kier molecular flexibility index (Phi) is 8.82. The quantitative estimate of drug-likeness (QED) is 0.156. The van der Waals surface area contributed by atoms with Gasteiger partial charge in [0.05, 0.1) is 0 Å². The van der Waals surface area contributed by atoms with E-state index < -0.39 is 0 Å². The van der Waals surface area contributed by atoms with E-state index in [1.165, 1.54) is 55.4 Å². The van der Waals surface area contributed by atoms with Crippen LogP contribution in [0.5, 0.6) is 0 Å². The monoisotopic (exact) mass is 658 g/mol. The molecule has 2 aliphatic rings. The van der Waals surface area contributed by atoms with E-state index in [0.717, 1.165) is 29.9 Å². The molecule has 0 saturated carbocycles. The molecule has 0 aromatic heterocycles. The van der Waals surface area contributed by atoms with E-state index in [2.05, 4.69) is 206 Å². The Labute approximate surface area is 302 Å². The summed E-state index contributed by atoms with van der Waals surface area (Å²) in [6.07, 6.45) is 21.3. The zero-order valence-corrected chi connectivity index (χ0v) is 29.3. The maximum Gasteiger partial charge on any atom is 0.0471 e. The van der Waals surface area contributed by atoms with Gasteiger partial charge in [-0.3, -0.25) is 0 Å². The molecule has 248 valence electrons. The molecule has 0 unspecified atom stereocenters. The van der Waals surface area contributed by atoms with Crippen LogP contribution in [0.2, 0.25) is 0 Å². The first-order chi connectivity index (χ1) is 25.1. The molecule has 6 aromatic carbocycles. The van der Waals surface area contributed by atoms with Crippen molar-refractivity contribution in [3.63, 3.8) is 0 Å². The lowest BCUT2D eigenvalue weighted by Crippen LogP contribution is -2.17. The van der Waals surface area contributed by atoms with Gasteiger partial charge in [-0.25, -0.2) is 0 Å². The van der Waals surface area contributed by atoms with Crippen LogP contribution in [0, 0.1) is 0 Å². The maximum atomic E-state index is 3.41. The Morgan fingerprint density at radius 3 is 2.10 bits per heavy atom. The summed E-state index contributed by atoms with van der Waals surface area (Å²) in [5.41, 5.74) is 13.4. The number of hydrogen-bond donors (Lipinski definition) is 1. The summed E-state index contributed by atoms with van der Waals surface area (Å²) in [7, 11) is 0. The number of para-hydroxylation sites is 1. The molecule has 0 atom stereocenters. The molecule has 51 heavy (non-hydrogen) atoms. The van der Waals surface area contributed by atoms with Crippen molar-refractivity contribution in [2.45, 2.75) is 32.1 Å². The van der Waals surface area contributed by atoms with Gasteiger partial charge in [-0.1, -0.05) is 135 Å². The fourth-order valence-electron chi connectivity index (χ4n) is 7.51. The summed E-state index contributed by atoms with van der Waals surface area (Å²) in [5.74, 6) is 0. The van der Waals surface area contributed by atoms with Gasteiger partial charge in [0, 0.05) is 34.4 Å². The van der Waals surface area contributed by atoms with Crippen molar-refractivity contribution in [3.8, 4) is 22.3 Å².